The van der Waals surface area contributed by atoms with Crippen LogP contribution in [0.3, 0.4) is 0 Å². The summed E-state index contributed by atoms with van der Waals surface area (Å²) in [5.74, 6) is 1.49. The zero-order chi connectivity index (χ0) is 19.1. The maximum absolute atomic E-state index is 11.4. The molecule has 3 N–H and O–H groups in total. The van der Waals surface area contributed by atoms with Gasteiger partial charge >= 0.3 is 0 Å². The molecular weight excluding hydrogens is 467 g/mol. The van der Waals surface area contributed by atoms with Gasteiger partial charge in [-0.1, -0.05) is 17.7 Å². The summed E-state index contributed by atoms with van der Waals surface area (Å²) in [7, 11) is 0.0804. The van der Waals surface area contributed by atoms with E-state index in [9.17, 15) is 8.42 Å². The van der Waals surface area contributed by atoms with E-state index in [2.05, 4.69) is 26.4 Å². The molecule has 0 heterocycles. The molecule has 0 aliphatic rings. The molecule has 150 valence electrons. The number of halogens is 1. The van der Waals surface area contributed by atoms with Gasteiger partial charge in [0.2, 0.25) is 10.0 Å². The summed E-state index contributed by atoms with van der Waals surface area (Å²) >= 11 is 0. The molecular formula is C17H31IN4O3S. The molecule has 0 saturated heterocycles. The van der Waals surface area contributed by atoms with E-state index < -0.39 is 15.6 Å². The van der Waals surface area contributed by atoms with Crippen LogP contribution in [0.5, 0.6) is 5.75 Å². The second-order valence-electron chi connectivity index (χ2n) is 6.68. The van der Waals surface area contributed by atoms with Crippen molar-refractivity contribution in [3.8, 4) is 5.75 Å². The van der Waals surface area contributed by atoms with Crippen molar-refractivity contribution in [3.63, 3.8) is 0 Å². The van der Waals surface area contributed by atoms with Crippen LogP contribution in [0.25, 0.3) is 0 Å². The molecule has 0 spiro atoms. The van der Waals surface area contributed by atoms with Crippen LogP contribution in [0.1, 0.15) is 25.0 Å². The first-order chi connectivity index (χ1) is 11.6. The molecule has 1 rings (SSSR count). The molecule has 1 aromatic rings. The SMILES string of the molecule is CN=C(NCCc1cc(C)ccc1OC)NCC(C)(C)NS(C)(=O)=O.I. The van der Waals surface area contributed by atoms with Gasteiger partial charge in [-0.15, -0.1) is 24.0 Å². The lowest BCUT2D eigenvalue weighted by atomic mass is 10.1. The molecule has 1 aromatic carbocycles. The summed E-state index contributed by atoms with van der Waals surface area (Å²) in [6, 6.07) is 6.10. The van der Waals surface area contributed by atoms with Crippen molar-refractivity contribution >= 4 is 40.0 Å². The topological polar surface area (TPSA) is 91.8 Å². The predicted molar refractivity (Wildman–Crippen MR) is 118 cm³/mol. The molecule has 7 nitrogen and oxygen atoms in total. The first-order valence-electron chi connectivity index (χ1n) is 8.13. The van der Waals surface area contributed by atoms with Crippen molar-refractivity contribution in [1.29, 1.82) is 0 Å². The lowest BCUT2D eigenvalue weighted by molar-refractivity contribution is 0.409. The van der Waals surface area contributed by atoms with Gasteiger partial charge in [-0.2, -0.15) is 0 Å². The second kappa shape index (κ2) is 10.9. The van der Waals surface area contributed by atoms with E-state index in [0.29, 0.717) is 19.0 Å². The predicted octanol–water partition coefficient (Wildman–Crippen LogP) is 1.66. The standard InChI is InChI=1S/C17H30N4O3S.HI/c1-13-7-8-15(24-5)14(11-13)9-10-19-16(18-4)20-12-17(2,3)21-25(6,22)23;/h7-8,11,21H,9-10,12H2,1-6H3,(H2,18,19,20);1H. The maximum Gasteiger partial charge on any atom is 0.209 e. The van der Waals surface area contributed by atoms with Gasteiger partial charge in [0.05, 0.1) is 13.4 Å². The fourth-order valence-electron chi connectivity index (χ4n) is 2.48. The molecule has 0 unspecified atom stereocenters. The van der Waals surface area contributed by atoms with E-state index in [1.807, 2.05) is 32.9 Å². The molecule has 0 aliphatic carbocycles. The monoisotopic (exact) mass is 498 g/mol. The Morgan fingerprint density at radius 3 is 2.46 bits per heavy atom. The largest absolute Gasteiger partial charge is 0.496 e. The van der Waals surface area contributed by atoms with Crippen molar-refractivity contribution in [2.75, 3.05) is 33.5 Å². The van der Waals surface area contributed by atoms with Crippen LogP contribution in [-0.2, 0) is 16.4 Å². The van der Waals surface area contributed by atoms with Gasteiger partial charge in [0, 0.05) is 25.7 Å². The van der Waals surface area contributed by atoms with Gasteiger partial charge in [-0.05, 0) is 38.8 Å². The van der Waals surface area contributed by atoms with Crippen molar-refractivity contribution in [2.24, 2.45) is 4.99 Å². The van der Waals surface area contributed by atoms with Crippen LogP contribution < -0.4 is 20.1 Å². The normalized spacial score (nSPS) is 12.3. The van der Waals surface area contributed by atoms with Gasteiger partial charge in [0.1, 0.15) is 5.75 Å². The van der Waals surface area contributed by atoms with Crippen molar-refractivity contribution in [2.45, 2.75) is 32.7 Å². The highest BCUT2D eigenvalue weighted by molar-refractivity contribution is 14.0. The third kappa shape index (κ3) is 9.58. The number of rotatable bonds is 8. The Balaban J connectivity index is 0.00000625. The molecule has 0 aromatic heterocycles. The van der Waals surface area contributed by atoms with Crippen molar-refractivity contribution in [3.05, 3.63) is 29.3 Å². The minimum absolute atomic E-state index is 0. The molecule has 26 heavy (non-hydrogen) atoms. The van der Waals surface area contributed by atoms with Crippen molar-refractivity contribution in [1.82, 2.24) is 15.4 Å². The van der Waals surface area contributed by atoms with Gasteiger partial charge in [0.25, 0.3) is 0 Å². The first-order valence-corrected chi connectivity index (χ1v) is 10.0. The van der Waals surface area contributed by atoms with Gasteiger partial charge in [0.15, 0.2) is 5.96 Å². The molecule has 0 saturated carbocycles. The van der Waals surface area contributed by atoms with E-state index >= 15 is 0 Å². The first kappa shape index (κ1) is 24.9. The smallest absolute Gasteiger partial charge is 0.209 e. The number of sulfonamides is 1. The summed E-state index contributed by atoms with van der Waals surface area (Å²) in [5, 5.41) is 6.37. The second-order valence-corrected chi connectivity index (χ2v) is 8.42. The fourth-order valence-corrected chi connectivity index (χ4v) is 3.56. The number of guanidine groups is 1. The number of benzene rings is 1. The number of ether oxygens (including phenoxy) is 1. The molecule has 0 bridgehead atoms. The van der Waals surface area contributed by atoms with Gasteiger partial charge in [-0.25, -0.2) is 13.1 Å². The Hall–Kier alpha value is -1.07. The van der Waals surface area contributed by atoms with Gasteiger partial charge < -0.3 is 15.4 Å². The van der Waals surface area contributed by atoms with Crippen molar-refractivity contribution < 1.29 is 13.2 Å². The minimum Gasteiger partial charge on any atom is -0.496 e. The van der Waals surface area contributed by atoms with E-state index in [1.165, 1.54) is 5.56 Å². The van der Waals surface area contributed by atoms with Crippen LogP contribution >= 0.6 is 24.0 Å². The van der Waals surface area contributed by atoms with Crippen LogP contribution in [0.4, 0.5) is 0 Å². The number of aliphatic imine (C=N–C) groups is 1. The maximum atomic E-state index is 11.4. The Bertz CT molecular complexity index is 706. The van der Waals surface area contributed by atoms with E-state index in [4.69, 9.17) is 4.74 Å². The molecule has 0 radical (unpaired) electrons. The zero-order valence-electron chi connectivity index (χ0n) is 16.3. The number of hydrogen-bond donors (Lipinski definition) is 3. The Morgan fingerprint density at radius 1 is 1.27 bits per heavy atom. The fraction of sp³-hybridized carbons (Fsp3) is 0.588. The molecule has 0 fully saturated rings. The lowest BCUT2D eigenvalue weighted by Crippen LogP contribution is -2.53. The summed E-state index contributed by atoms with van der Waals surface area (Å²) in [6.45, 7) is 6.76. The summed E-state index contributed by atoms with van der Waals surface area (Å²) < 4.78 is 30.7. The molecule has 0 aliphatic heterocycles. The lowest BCUT2D eigenvalue weighted by Gasteiger charge is -2.26. The van der Waals surface area contributed by atoms with E-state index in [-0.39, 0.29) is 24.0 Å². The van der Waals surface area contributed by atoms with Crippen LogP contribution in [0.15, 0.2) is 23.2 Å². The van der Waals surface area contributed by atoms with Gasteiger partial charge in [-0.3, -0.25) is 4.99 Å². The number of methoxy groups -OCH3 is 1. The Morgan fingerprint density at radius 2 is 1.92 bits per heavy atom. The third-order valence-electron chi connectivity index (χ3n) is 3.51. The average molecular weight is 498 g/mol. The highest BCUT2D eigenvalue weighted by Gasteiger charge is 2.22. The van der Waals surface area contributed by atoms with Crippen LogP contribution in [0.2, 0.25) is 0 Å². The summed E-state index contributed by atoms with van der Waals surface area (Å²) in [6.07, 6.45) is 1.94. The Kier molecular flexibility index (Phi) is 10.5. The van der Waals surface area contributed by atoms with E-state index in [1.54, 1.807) is 14.2 Å². The highest BCUT2D eigenvalue weighted by atomic mass is 127. The number of nitrogens with zero attached hydrogens (tertiary/aromatic N) is 1. The van der Waals surface area contributed by atoms with Crippen LogP contribution in [-0.4, -0.2) is 53.4 Å². The molecule has 0 atom stereocenters. The highest BCUT2D eigenvalue weighted by Crippen LogP contribution is 2.19. The summed E-state index contributed by atoms with van der Waals surface area (Å²) in [5.41, 5.74) is 1.70. The number of hydrogen-bond acceptors (Lipinski definition) is 4. The van der Waals surface area contributed by atoms with E-state index in [0.717, 1.165) is 24.0 Å². The zero-order valence-corrected chi connectivity index (χ0v) is 19.5. The molecule has 9 heteroatoms. The minimum atomic E-state index is -3.27. The summed E-state index contributed by atoms with van der Waals surface area (Å²) in [4.78, 5) is 4.16. The third-order valence-corrected chi connectivity index (χ3v) is 4.43. The quantitative estimate of drug-likeness (QED) is 0.288. The Labute approximate surface area is 174 Å². The number of nitrogens with one attached hydrogen (secondary N) is 3. The average Bonchev–Trinajstić information content (AvgIpc) is 2.48. The molecule has 0 amide bonds. The van der Waals surface area contributed by atoms with Crippen LogP contribution in [0, 0.1) is 6.92 Å². The number of aryl methyl sites for hydroxylation is 1.